The highest BCUT2D eigenvalue weighted by atomic mass is 16.3. The third-order valence-corrected chi connectivity index (χ3v) is 4.20. The van der Waals surface area contributed by atoms with Gasteiger partial charge in [-0.1, -0.05) is 36.4 Å². The lowest BCUT2D eigenvalue weighted by Gasteiger charge is -2.05. The van der Waals surface area contributed by atoms with Gasteiger partial charge in [0.2, 0.25) is 0 Å². The van der Waals surface area contributed by atoms with Crippen molar-refractivity contribution in [2.24, 2.45) is 0 Å². The summed E-state index contributed by atoms with van der Waals surface area (Å²) >= 11 is 0. The SMILES string of the molecule is c1ccc(-c2cc(-c3ccc4nc5occn5c4c3)ccn2)cc1. The molecule has 0 fully saturated rings. The maximum absolute atomic E-state index is 5.37. The van der Waals surface area contributed by atoms with Crippen molar-refractivity contribution in [3.63, 3.8) is 0 Å². The summed E-state index contributed by atoms with van der Waals surface area (Å²) in [6.07, 6.45) is 5.39. The van der Waals surface area contributed by atoms with E-state index in [4.69, 9.17) is 4.42 Å². The van der Waals surface area contributed by atoms with E-state index in [0.29, 0.717) is 5.84 Å². The quantitative estimate of drug-likeness (QED) is 0.470. The molecule has 2 aromatic carbocycles. The third-order valence-electron chi connectivity index (χ3n) is 4.20. The zero-order valence-electron chi connectivity index (χ0n) is 12.8. The maximum Gasteiger partial charge on any atom is 0.306 e. The predicted octanol–water partition coefficient (Wildman–Crippen LogP) is 4.81. The van der Waals surface area contributed by atoms with E-state index in [1.165, 1.54) is 0 Å². The van der Waals surface area contributed by atoms with Crippen LogP contribution in [0.15, 0.2) is 83.7 Å². The molecule has 0 saturated carbocycles. The first kappa shape index (κ1) is 13.1. The Morgan fingerprint density at radius 3 is 2.62 bits per heavy atom. The fourth-order valence-electron chi connectivity index (χ4n) is 3.01. The average molecular weight is 311 g/mol. The molecule has 24 heavy (non-hydrogen) atoms. The molecule has 0 aliphatic rings. The van der Waals surface area contributed by atoms with Gasteiger partial charge < -0.3 is 4.42 Å². The number of fused-ring (bicyclic) bond motifs is 3. The lowest BCUT2D eigenvalue weighted by atomic mass is 10.0. The van der Waals surface area contributed by atoms with Gasteiger partial charge in [-0.25, -0.2) is 0 Å². The number of rotatable bonds is 2. The first-order chi connectivity index (χ1) is 11.9. The van der Waals surface area contributed by atoms with Gasteiger partial charge >= 0.3 is 5.84 Å². The minimum Gasteiger partial charge on any atom is -0.432 e. The summed E-state index contributed by atoms with van der Waals surface area (Å²) in [4.78, 5) is 8.96. The Labute approximate surface area is 138 Å². The Bertz CT molecular complexity index is 1160. The second kappa shape index (κ2) is 5.06. The summed E-state index contributed by atoms with van der Waals surface area (Å²) in [6.45, 7) is 0. The van der Waals surface area contributed by atoms with Crippen molar-refractivity contribution >= 4 is 16.9 Å². The minimum absolute atomic E-state index is 0.613. The number of pyridine rings is 1. The van der Waals surface area contributed by atoms with Gasteiger partial charge in [-0.3, -0.25) is 9.38 Å². The van der Waals surface area contributed by atoms with Crippen LogP contribution in [0.5, 0.6) is 0 Å². The monoisotopic (exact) mass is 311 g/mol. The van der Waals surface area contributed by atoms with E-state index in [-0.39, 0.29) is 0 Å². The van der Waals surface area contributed by atoms with Crippen molar-refractivity contribution in [2.45, 2.75) is 0 Å². The van der Waals surface area contributed by atoms with Crippen LogP contribution in [0.3, 0.4) is 0 Å². The van der Waals surface area contributed by atoms with Crippen LogP contribution in [0.1, 0.15) is 0 Å². The standard InChI is InChI=1S/C20H13N3O/c1-2-4-14(5-3-1)18-12-16(8-9-21-18)15-6-7-17-19(13-15)23-10-11-24-20(23)22-17/h1-13H. The molecule has 0 radical (unpaired) electrons. The Morgan fingerprint density at radius 2 is 1.71 bits per heavy atom. The second-order valence-corrected chi connectivity index (χ2v) is 5.67. The number of oxazole rings is 1. The number of hydrogen-bond donors (Lipinski definition) is 0. The normalized spacial score (nSPS) is 11.3. The molecule has 114 valence electrons. The number of benzene rings is 2. The second-order valence-electron chi connectivity index (χ2n) is 5.67. The van der Waals surface area contributed by atoms with Crippen molar-refractivity contribution in [1.82, 2.24) is 14.4 Å². The minimum atomic E-state index is 0.613. The summed E-state index contributed by atoms with van der Waals surface area (Å²) in [6, 6.07) is 20.6. The van der Waals surface area contributed by atoms with Crippen molar-refractivity contribution in [1.29, 1.82) is 0 Å². The number of hydrogen-bond acceptors (Lipinski definition) is 3. The molecular formula is C20H13N3O. The highest BCUT2D eigenvalue weighted by Gasteiger charge is 2.09. The fourth-order valence-corrected chi connectivity index (χ4v) is 3.01. The van der Waals surface area contributed by atoms with Gasteiger partial charge in [-0.2, -0.15) is 4.98 Å². The topological polar surface area (TPSA) is 43.3 Å². The van der Waals surface area contributed by atoms with Crippen LogP contribution in [0.4, 0.5) is 0 Å². The fraction of sp³-hybridized carbons (Fsp3) is 0. The van der Waals surface area contributed by atoms with Crippen LogP contribution in [-0.2, 0) is 0 Å². The third kappa shape index (κ3) is 2.01. The van der Waals surface area contributed by atoms with Crippen LogP contribution in [0.25, 0.3) is 39.3 Å². The molecule has 0 aliphatic carbocycles. The molecule has 3 heterocycles. The van der Waals surface area contributed by atoms with Crippen molar-refractivity contribution in [3.05, 3.63) is 79.3 Å². The van der Waals surface area contributed by atoms with Crippen LogP contribution < -0.4 is 0 Å². The average Bonchev–Trinajstić information content (AvgIpc) is 3.23. The molecule has 0 unspecified atom stereocenters. The van der Waals surface area contributed by atoms with Gasteiger partial charge in [0.1, 0.15) is 6.26 Å². The Morgan fingerprint density at radius 1 is 0.833 bits per heavy atom. The molecule has 0 bridgehead atoms. The number of nitrogens with zero attached hydrogens (tertiary/aromatic N) is 3. The molecule has 0 aliphatic heterocycles. The Balaban J connectivity index is 1.66. The van der Waals surface area contributed by atoms with Gasteiger partial charge in [0.25, 0.3) is 0 Å². The summed E-state index contributed by atoms with van der Waals surface area (Å²) in [7, 11) is 0. The molecule has 4 heteroatoms. The van der Waals surface area contributed by atoms with Gasteiger partial charge in [-0.15, -0.1) is 0 Å². The Hall–Kier alpha value is -3.40. The van der Waals surface area contributed by atoms with Crippen LogP contribution in [0, 0.1) is 0 Å². The summed E-state index contributed by atoms with van der Waals surface area (Å²) < 4.78 is 7.32. The maximum atomic E-state index is 5.37. The predicted molar refractivity (Wildman–Crippen MR) is 93.6 cm³/mol. The van der Waals surface area contributed by atoms with Crippen molar-refractivity contribution < 1.29 is 4.42 Å². The largest absolute Gasteiger partial charge is 0.432 e. The van der Waals surface area contributed by atoms with Gasteiger partial charge in [0, 0.05) is 18.0 Å². The smallest absolute Gasteiger partial charge is 0.306 e. The van der Waals surface area contributed by atoms with Crippen molar-refractivity contribution in [3.8, 4) is 22.4 Å². The molecule has 5 rings (SSSR count). The van der Waals surface area contributed by atoms with Crippen LogP contribution >= 0.6 is 0 Å². The van der Waals surface area contributed by atoms with E-state index in [9.17, 15) is 0 Å². The molecule has 0 N–H and O–H groups in total. The molecule has 0 spiro atoms. The highest BCUT2D eigenvalue weighted by Crippen LogP contribution is 2.28. The molecule has 0 atom stereocenters. The number of aromatic nitrogens is 3. The van der Waals surface area contributed by atoms with E-state index < -0.39 is 0 Å². The molecule has 4 nitrogen and oxygen atoms in total. The van der Waals surface area contributed by atoms with Gasteiger partial charge in [0.15, 0.2) is 0 Å². The highest BCUT2D eigenvalue weighted by molar-refractivity contribution is 5.85. The van der Waals surface area contributed by atoms with Crippen LogP contribution in [-0.4, -0.2) is 14.4 Å². The molecular weight excluding hydrogens is 298 g/mol. The van der Waals surface area contributed by atoms with Crippen LogP contribution in [0.2, 0.25) is 0 Å². The Kier molecular flexibility index (Phi) is 2.76. The lowest BCUT2D eigenvalue weighted by Crippen LogP contribution is -1.86. The van der Waals surface area contributed by atoms with E-state index in [2.05, 4.69) is 40.3 Å². The van der Waals surface area contributed by atoms with E-state index >= 15 is 0 Å². The van der Waals surface area contributed by atoms with Crippen molar-refractivity contribution in [2.75, 3.05) is 0 Å². The van der Waals surface area contributed by atoms with E-state index in [1.54, 1.807) is 6.26 Å². The first-order valence-electron chi connectivity index (χ1n) is 7.76. The zero-order chi connectivity index (χ0) is 15.9. The summed E-state index contributed by atoms with van der Waals surface area (Å²) in [5.74, 6) is 0.613. The molecule has 0 amide bonds. The summed E-state index contributed by atoms with van der Waals surface area (Å²) in [5.41, 5.74) is 6.30. The molecule has 0 saturated heterocycles. The zero-order valence-corrected chi connectivity index (χ0v) is 12.8. The first-order valence-corrected chi connectivity index (χ1v) is 7.76. The van der Waals surface area contributed by atoms with E-state index in [1.807, 2.05) is 47.1 Å². The molecule has 5 aromatic rings. The van der Waals surface area contributed by atoms with Gasteiger partial charge in [0.05, 0.1) is 16.7 Å². The van der Waals surface area contributed by atoms with Gasteiger partial charge in [-0.05, 0) is 35.4 Å². The lowest BCUT2D eigenvalue weighted by molar-refractivity contribution is 0.597. The van der Waals surface area contributed by atoms with E-state index in [0.717, 1.165) is 33.4 Å². The number of imidazole rings is 1. The summed E-state index contributed by atoms with van der Waals surface area (Å²) in [5, 5.41) is 0. The molecule has 3 aromatic heterocycles.